The summed E-state index contributed by atoms with van der Waals surface area (Å²) < 4.78 is 19.1. The van der Waals surface area contributed by atoms with E-state index < -0.39 is 6.10 Å². The Morgan fingerprint density at radius 2 is 2.00 bits per heavy atom. The fraction of sp³-hybridized carbons (Fsp3) is 0.294. The first-order chi connectivity index (χ1) is 11.0. The maximum absolute atomic E-state index is 13.0. The Kier molecular flexibility index (Phi) is 6.10. The van der Waals surface area contributed by atoms with E-state index in [2.05, 4.69) is 26.2 Å². The van der Waals surface area contributed by atoms with Crippen LogP contribution in [0.3, 0.4) is 0 Å². The van der Waals surface area contributed by atoms with Crippen molar-refractivity contribution in [3.05, 3.63) is 58.6 Å². The van der Waals surface area contributed by atoms with E-state index in [4.69, 9.17) is 4.74 Å². The molecular formula is C17H18BrFN2O2. The molecule has 2 rings (SSSR count). The van der Waals surface area contributed by atoms with Gasteiger partial charge in [0.2, 0.25) is 0 Å². The van der Waals surface area contributed by atoms with Crippen LogP contribution in [-0.4, -0.2) is 23.5 Å². The number of halogens is 2. The lowest BCUT2D eigenvalue weighted by Gasteiger charge is -2.18. The molecule has 4 nitrogen and oxygen atoms in total. The van der Waals surface area contributed by atoms with Gasteiger partial charge in [-0.2, -0.15) is 0 Å². The molecule has 1 aromatic heterocycles. The molecule has 0 bridgehead atoms. The number of aromatic nitrogens is 1. The van der Waals surface area contributed by atoms with Crippen molar-refractivity contribution in [2.75, 3.05) is 6.54 Å². The smallest absolute Gasteiger partial charge is 0.260 e. The van der Waals surface area contributed by atoms with Crippen LogP contribution in [0.15, 0.2) is 47.2 Å². The molecule has 0 saturated heterocycles. The molecular weight excluding hydrogens is 363 g/mol. The van der Waals surface area contributed by atoms with Gasteiger partial charge in [-0.05, 0) is 64.7 Å². The van der Waals surface area contributed by atoms with Gasteiger partial charge < -0.3 is 10.1 Å². The van der Waals surface area contributed by atoms with Gasteiger partial charge in [0.05, 0.1) is 4.47 Å². The molecule has 1 amide bonds. The van der Waals surface area contributed by atoms with E-state index in [0.29, 0.717) is 16.8 Å². The van der Waals surface area contributed by atoms with Gasteiger partial charge in [-0.15, -0.1) is 0 Å². The van der Waals surface area contributed by atoms with Crippen LogP contribution < -0.4 is 10.1 Å². The quantitative estimate of drug-likeness (QED) is 0.831. The summed E-state index contributed by atoms with van der Waals surface area (Å²) in [5, 5.41) is 2.86. The van der Waals surface area contributed by atoms with E-state index in [-0.39, 0.29) is 17.6 Å². The number of nitrogens with zero attached hydrogens (tertiary/aromatic N) is 1. The van der Waals surface area contributed by atoms with Crippen molar-refractivity contribution in [1.82, 2.24) is 10.3 Å². The first kappa shape index (κ1) is 17.4. The number of rotatable bonds is 6. The van der Waals surface area contributed by atoms with E-state index in [1.807, 2.05) is 19.1 Å². The van der Waals surface area contributed by atoms with E-state index in [1.165, 1.54) is 18.2 Å². The molecule has 6 heteroatoms. The number of ether oxygens (including phenoxy) is 1. The maximum Gasteiger partial charge on any atom is 0.260 e. The minimum atomic E-state index is -0.679. The number of nitrogens with one attached hydrogen (secondary N) is 1. The highest BCUT2D eigenvalue weighted by molar-refractivity contribution is 9.10. The fourth-order valence-electron chi connectivity index (χ4n) is 2.02. The third kappa shape index (κ3) is 5.03. The molecule has 0 radical (unpaired) electrons. The fourth-order valence-corrected chi connectivity index (χ4v) is 2.47. The van der Waals surface area contributed by atoms with Gasteiger partial charge in [0.15, 0.2) is 6.10 Å². The zero-order chi connectivity index (χ0) is 16.8. The number of carbonyl (C=O) groups excluding carboxylic acids is 1. The molecule has 0 fully saturated rings. The summed E-state index contributed by atoms with van der Waals surface area (Å²) in [4.78, 5) is 16.1. The maximum atomic E-state index is 13.0. The normalized spacial score (nSPS) is 13.2. The largest absolute Gasteiger partial charge is 0.480 e. The average Bonchev–Trinajstić information content (AvgIpc) is 2.55. The summed E-state index contributed by atoms with van der Waals surface area (Å²) in [6.07, 6.45) is 2.78. The predicted molar refractivity (Wildman–Crippen MR) is 89.9 cm³/mol. The summed E-state index contributed by atoms with van der Waals surface area (Å²) in [5.41, 5.74) is 1.11. The SMILES string of the molecule is C[C@H](CNC(=O)[C@@H](C)Oc1ccc(F)cc1Br)c1ccncc1. The Hall–Kier alpha value is -1.95. The van der Waals surface area contributed by atoms with Crippen molar-refractivity contribution >= 4 is 21.8 Å². The second-order valence-corrected chi connectivity index (χ2v) is 6.12. The lowest BCUT2D eigenvalue weighted by atomic mass is 10.0. The van der Waals surface area contributed by atoms with Crippen LogP contribution in [-0.2, 0) is 4.79 Å². The molecule has 0 aliphatic heterocycles. The van der Waals surface area contributed by atoms with E-state index in [1.54, 1.807) is 19.3 Å². The zero-order valence-corrected chi connectivity index (χ0v) is 14.5. The van der Waals surface area contributed by atoms with Crippen molar-refractivity contribution in [3.8, 4) is 5.75 Å². The summed E-state index contributed by atoms with van der Waals surface area (Å²) in [5.74, 6) is 0.0116. The summed E-state index contributed by atoms with van der Waals surface area (Å²) in [6.45, 7) is 4.18. The highest BCUT2D eigenvalue weighted by Crippen LogP contribution is 2.26. The molecule has 0 aliphatic carbocycles. The van der Waals surface area contributed by atoms with Gasteiger partial charge in [-0.3, -0.25) is 9.78 Å². The third-order valence-corrected chi connectivity index (χ3v) is 4.04. The Balaban J connectivity index is 1.87. The molecule has 1 N–H and O–H groups in total. The lowest BCUT2D eigenvalue weighted by Crippen LogP contribution is -2.38. The molecule has 0 unspecified atom stereocenters. The van der Waals surface area contributed by atoms with Gasteiger partial charge in [0.1, 0.15) is 11.6 Å². The number of carbonyl (C=O) groups is 1. The topological polar surface area (TPSA) is 51.2 Å². The monoisotopic (exact) mass is 380 g/mol. The van der Waals surface area contributed by atoms with Gasteiger partial charge in [0, 0.05) is 18.9 Å². The molecule has 0 aliphatic rings. The third-order valence-electron chi connectivity index (χ3n) is 3.42. The van der Waals surface area contributed by atoms with Gasteiger partial charge in [0.25, 0.3) is 5.91 Å². The van der Waals surface area contributed by atoms with Crippen LogP contribution in [0.25, 0.3) is 0 Å². The predicted octanol–water partition coefficient (Wildman–Crippen LogP) is 3.67. The molecule has 1 aromatic carbocycles. The van der Waals surface area contributed by atoms with Crippen LogP contribution in [0.4, 0.5) is 4.39 Å². The molecule has 2 aromatic rings. The molecule has 0 saturated carbocycles. The second kappa shape index (κ2) is 8.06. The second-order valence-electron chi connectivity index (χ2n) is 5.26. The van der Waals surface area contributed by atoms with E-state index in [0.717, 1.165) is 5.56 Å². The number of amides is 1. The van der Waals surface area contributed by atoms with Crippen molar-refractivity contribution in [1.29, 1.82) is 0 Å². The van der Waals surface area contributed by atoms with E-state index >= 15 is 0 Å². The van der Waals surface area contributed by atoms with Crippen molar-refractivity contribution in [2.24, 2.45) is 0 Å². The highest BCUT2D eigenvalue weighted by atomic mass is 79.9. The van der Waals surface area contributed by atoms with Crippen molar-refractivity contribution < 1.29 is 13.9 Å². The standard InChI is InChI=1S/C17H18BrFN2O2/c1-11(13-5-7-20-8-6-13)10-21-17(22)12(2)23-16-4-3-14(19)9-15(16)18/h3-9,11-12H,10H2,1-2H3,(H,21,22)/t11-,12-/m1/s1. The first-order valence-corrected chi connectivity index (χ1v) is 8.06. The molecule has 2 atom stereocenters. The minimum Gasteiger partial charge on any atom is -0.480 e. The Labute approximate surface area is 143 Å². The van der Waals surface area contributed by atoms with Gasteiger partial charge in [-0.25, -0.2) is 4.39 Å². The number of hydrogen-bond acceptors (Lipinski definition) is 3. The molecule has 122 valence electrons. The highest BCUT2D eigenvalue weighted by Gasteiger charge is 2.17. The van der Waals surface area contributed by atoms with Gasteiger partial charge in [-0.1, -0.05) is 6.92 Å². The van der Waals surface area contributed by atoms with E-state index in [9.17, 15) is 9.18 Å². The number of pyridine rings is 1. The molecule has 0 spiro atoms. The van der Waals surface area contributed by atoms with Crippen molar-refractivity contribution in [3.63, 3.8) is 0 Å². The summed E-state index contributed by atoms with van der Waals surface area (Å²) >= 11 is 3.21. The number of hydrogen-bond donors (Lipinski definition) is 1. The van der Waals surface area contributed by atoms with Crippen LogP contribution in [0.1, 0.15) is 25.3 Å². The minimum absolute atomic E-state index is 0.173. The Morgan fingerprint density at radius 1 is 1.30 bits per heavy atom. The van der Waals surface area contributed by atoms with Crippen LogP contribution in [0.5, 0.6) is 5.75 Å². The van der Waals surface area contributed by atoms with Gasteiger partial charge >= 0.3 is 0 Å². The molecule has 1 heterocycles. The Bertz CT molecular complexity index is 667. The number of benzene rings is 1. The average molecular weight is 381 g/mol. The Morgan fingerprint density at radius 3 is 2.65 bits per heavy atom. The van der Waals surface area contributed by atoms with Crippen molar-refractivity contribution in [2.45, 2.75) is 25.9 Å². The summed E-state index contributed by atoms with van der Waals surface area (Å²) in [7, 11) is 0. The van der Waals surface area contributed by atoms with Crippen LogP contribution >= 0.6 is 15.9 Å². The lowest BCUT2D eigenvalue weighted by molar-refractivity contribution is -0.127. The molecule has 23 heavy (non-hydrogen) atoms. The van der Waals surface area contributed by atoms with Crippen LogP contribution in [0, 0.1) is 5.82 Å². The first-order valence-electron chi connectivity index (χ1n) is 7.26. The summed E-state index contributed by atoms with van der Waals surface area (Å²) in [6, 6.07) is 7.92. The zero-order valence-electron chi connectivity index (χ0n) is 12.9. The van der Waals surface area contributed by atoms with Crippen LogP contribution in [0.2, 0.25) is 0 Å².